The van der Waals surface area contributed by atoms with Crippen molar-refractivity contribution in [2.45, 2.75) is 0 Å². The summed E-state index contributed by atoms with van der Waals surface area (Å²) in [6.07, 6.45) is 0. The molecule has 4 heteroatoms. The smallest absolute Gasteiger partial charge is 0.142 e. The van der Waals surface area contributed by atoms with E-state index in [1.165, 1.54) is 0 Å². The first-order valence-corrected chi connectivity index (χ1v) is 5.65. The molecule has 0 aliphatic carbocycles. The van der Waals surface area contributed by atoms with Crippen LogP contribution in [0.2, 0.25) is 0 Å². The van der Waals surface area contributed by atoms with E-state index in [0.717, 1.165) is 17.1 Å². The number of hydrogen-bond donors (Lipinski definition) is 2. The van der Waals surface area contributed by atoms with Gasteiger partial charge in [0.1, 0.15) is 5.75 Å². The third kappa shape index (κ3) is 2.18. The number of hydrogen-bond acceptors (Lipinski definition) is 4. The van der Waals surface area contributed by atoms with Gasteiger partial charge in [-0.15, -0.1) is 0 Å². The van der Waals surface area contributed by atoms with Crippen LogP contribution in [-0.2, 0) is 0 Å². The van der Waals surface area contributed by atoms with E-state index in [0.29, 0.717) is 11.4 Å². The largest absolute Gasteiger partial charge is 0.495 e. The summed E-state index contributed by atoms with van der Waals surface area (Å²) in [7, 11) is 3.62. The summed E-state index contributed by atoms with van der Waals surface area (Å²) in [5.41, 5.74) is 14.6. The first-order chi connectivity index (χ1) is 8.63. The first-order valence-electron chi connectivity index (χ1n) is 5.65. The Hall–Kier alpha value is -2.36. The Bertz CT molecular complexity index is 554. The van der Waals surface area contributed by atoms with Crippen LogP contribution in [0.15, 0.2) is 42.5 Å². The van der Waals surface area contributed by atoms with Crippen LogP contribution in [0.25, 0.3) is 0 Å². The lowest BCUT2D eigenvalue weighted by Gasteiger charge is -2.22. The van der Waals surface area contributed by atoms with Crippen LogP contribution in [0.4, 0.5) is 22.7 Å². The lowest BCUT2D eigenvalue weighted by atomic mass is 10.2. The Morgan fingerprint density at radius 3 is 2.39 bits per heavy atom. The van der Waals surface area contributed by atoms with Gasteiger partial charge in [0.05, 0.1) is 24.2 Å². The molecule has 0 bridgehead atoms. The van der Waals surface area contributed by atoms with Crippen molar-refractivity contribution in [1.29, 1.82) is 0 Å². The highest BCUT2D eigenvalue weighted by molar-refractivity contribution is 5.75. The fourth-order valence-corrected chi connectivity index (χ4v) is 1.82. The van der Waals surface area contributed by atoms with Crippen LogP contribution in [0.5, 0.6) is 5.75 Å². The molecule has 0 spiro atoms. The predicted octanol–water partition coefficient (Wildman–Crippen LogP) is 2.63. The van der Waals surface area contributed by atoms with Crippen molar-refractivity contribution >= 4 is 22.7 Å². The van der Waals surface area contributed by atoms with Gasteiger partial charge in [0.2, 0.25) is 0 Å². The highest BCUT2D eigenvalue weighted by Gasteiger charge is 2.09. The van der Waals surface area contributed by atoms with Gasteiger partial charge < -0.3 is 21.1 Å². The van der Waals surface area contributed by atoms with Crippen LogP contribution in [-0.4, -0.2) is 14.2 Å². The van der Waals surface area contributed by atoms with E-state index in [2.05, 4.69) is 0 Å². The number of nitrogens with two attached hydrogens (primary N) is 2. The van der Waals surface area contributed by atoms with E-state index in [-0.39, 0.29) is 0 Å². The summed E-state index contributed by atoms with van der Waals surface area (Å²) < 4.78 is 5.34. The van der Waals surface area contributed by atoms with Gasteiger partial charge in [-0.3, -0.25) is 0 Å². The van der Waals surface area contributed by atoms with Crippen molar-refractivity contribution in [3.63, 3.8) is 0 Å². The maximum Gasteiger partial charge on any atom is 0.142 e. The molecule has 2 aromatic carbocycles. The minimum absolute atomic E-state index is 0.578. The van der Waals surface area contributed by atoms with Crippen molar-refractivity contribution in [2.75, 3.05) is 30.5 Å². The summed E-state index contributed by atoms with van der Waals surface area (Å²) in [5.74, 6) is 0.815. The zero-order valence-electron chi connectivity index (χ0n) is 10.6. The Labute approximate surface area is 107 Å². The van der Waals surface area contributed by atoms with Crippen LogP contribution in [0, 0.1) is 0 Å². The number of rotatable bonds is 3. The Kier molecular flexibility index (Phi) is 3.28. The summed E-state index contributed by atoms with van der Waals surface area (Å²) in [4.78, 5) is 2.01. The van der Waals surface area contributed by atoms with Crippen LogP contribution >= 0.6 is 0 Å². The number of anilines is 4. The summed E-state index contributed by atoms with van der Waals surface area (Å²) in [6.45, 7) is 0. The number of nitrogen functional groups attached to an aromatic ring is 2. The van der Waals surface area contributed by atoms with Crippen LogP contribution in [0.3, 0.4) is 0 Å². The zero-order valence-corrected chi connectivity index (χ0v) is 10.6. The number of para-hydroxylation sites is 2. The Morgan fingerprint density at radius 1 is 1.00 bits per heavy atom. The lowest BCUT2D eigenvalue weighted by molar-refractivity contribution is 0.415. The maximum atomic E-state index is 5.82. The van der Waals surface area contributed by atoms with E-state index in [4.69, 9.17) is 16.2 Å². The zero-order chi connectivity index (χ0) is 13.1. The van der Waals surface area contributed by atoms with Gasteiger partial charge in [-0.2, -0.15) is 0 Å². The topological polar surface area (TPSA) is 64.5 Å². The third-order valence-electron chi connectivity index (χ3n) is 2.90. The highest BCUT2D eigenvalue weighted by atomic mass is 16.5. The summed E-state index contributed by atoms with van der Waals surface area (Å²) in [6, 6.07) is 13.4. The molecule has 0 aliphatic heterocycles. The fraction of sp³-hybridized carbons (Fsp3) is 0.143. The molecule has 0 amide bonds. The molecule has 0 aromatic heterocycles. The summed E-state index contributed by atoms with van der Waals surface area (Å²) >= 11 is 0. The van der Waals surface area contributed by atoms with E-state index in [9.17, 15) is 0 Å². The summed E-state index contributed by atoms with van der Waals surface area (Å²) in [5, 5.41) is 0. The first kappa shape index (κ1) is 12.1. The lowest BCUT2D eigenvalue weighted by Crippen LogP contribution is -2.11. The number of methoxy groups -OCH3 is 1. The second kappa shape index (κ2) is 4.87. The molecular formula is C14H17N3O. The van der Waals surface area contributed by atoms with Gasteiger partial charge in [0.25, 0.3) is 0 Å². The van der Waals surface area contributed by atoms with Gasteiger partial charge in [-0.25, -0.2) is 0 Å². The molecule has 2 aromatic rings. The van der Waals surface area contributed by atoms with Crippen molar-refractivity contribution in [1.82, 2.24) is 0 Å². The van der Waals surface area contributed by atoms with Gasteiger partial charge in [-0.1, -0.05) is 12.1 Å². The van der Waals surface area contributed by atoms with Crippen molar-refractivity contribution in [3.05, 3.63) is 42.5 Å². The molecule has 0 atom stereocenters. The molecule has 0 radical (unpaired) electrons. The molecule has 0 heterocycles. The number of nitrogens with zero attached hydrogens (tertiary/aromatic N) is 1. The monoisotopic (exact) mass is 243 g/mol. The second-order valence-electron chi connectivity index (χ2n) is 4.04. The van der Waals surface area contributed by atoms with Gasteiger partial charge in [0, 0.05) is 12.7 Å². The average Bonchev–Trinajstić information content (AvgIpc) is 2.41. The van der Waals surface area contributed by atoms with E-state index < -0.39 is 0 Å². The third-order valence-corrected chi connectivity index (χ3v) is 2.90. The van der Waals surface area contributed by atoms with E-state index >= 15 is 0 Å². The quantitative estimate of drug-likeness (QED) is 0.813. The molecular weight excluding hydrogens is 226 g/mol. The second-order valence-corrected chi connectivity index (χ2v) is 4.04. The average molecular weight is 243 g/mol. The number of benzene rings is 2. The van der Waals surface area contributed by atoms with Crippen molar-refractivity contribution in [2.24, 2.45) is 0 Å². The number of ether oxygens (including phenoxy) is 1. The van der Waals surface area contributed by atoms with Gasteiger partial charge in [0.15, 0.2) is 0 Å². The molecule has 0 fully saturated rings. The van der Waals surface area contributed by atoms with Crippen molar-refractivity contribution in [3.8, 4) is 5.75 Å². The highest BCUT2D eigenvalue weighted by Crippen LogP contribution is 2.33. The molecule has 0 aliphatic rings. The predicted molar refractivity (Wildman–Crippen MR) is 76.3 cm³/mol. The SMILES string of the molecule is COc1ccccc1N(C)c1ccc(N)c(N)c1. The molecule has 4 N–H and O–H groups in total. The molecule has 0 saturated carbocycles. The molecule has 0 saturated heterocycles. The minimum atomic E-state index is 0.578. The Balaban J connectivity index is 2.41. The molecule has 18 heavy (non-hydrogen) atoms. The molecule has 2 rings (SSSR count). The molecule has 94 valence electrons. The Morgan fingerprint density at radius 2 is 1.72 bits per heavy atom. The molecule has 0 unspecified atom stereocenters. The molecule has 4 nitrogen and oxygen atoms in total. The minimum Gasteiger partial charge on any atom is -0.495 e. The van der Waals surface area contributed by atoms with Crippen LogP contribution < -0.4 is 21.1 Å². The normalized spacial score (nSPS) is 10.1. The van der Waals surface area contributed by atoms with Crippen molar-refractivity contribution < 1.29 is 4.74 Å². The van der Waals surface area contributed by atoms with E-state index in [1.807, 2.05) is 48.3 Å². The fourth-order valence-electron chi connectivity index (χ4n) is 1.82. The van der Waals surface area contributed by atoms with Crippen LogP contribution in [0.1, 0.15) is 0 Å². The van der Waals surface area contributed by atoms with Gasteiger partial charge in [-0.05, 0) is 30.3 Å². The maximum absolute atomic E-state index is 5.82. The van der Waals surface area contributed by atoms with Gasteiger partial charge >= 0.3 is 0 Å². The van der Waals surface area contributed by atoms with E-state index in [1.54, 1.807) is 13.2 Å². The standard InChI is InChI=1S/C14H17N3O/c1-17(10-7-8-11(15)12(16)9-10)13-5-3-4-6-14(13)18-2/h3-9H,15-16H2,1-2H3.